The Labute approximate surface area is 167 Å². The van der Waals surface area contributed by atoms with Crippen molar-refractivity contribution >= 4 is 21.6 Å². The van der Waals surface area contributed by atoms with Crippen LogP contribution in [0.4, 0.5) is 5.69 Å². The summed E-state index contributed by atoms with van der Waals surface area (Å²) in [7, 11) is 0.759. The molecule has 0 radical (unpaired) electrons. The second-order valence-electron chi connectivity index (χ2n) is 7.52. The van der Waals surface area contributed by atoms with E-state index in [1.54, 1.807) is 12.1 Å². The molecule has 0 aromatic heterocycles. The highest BCUT2D eigenvalue weighted by molar-refractivity contribution is 7.92. The van der Waals surface area contributed by atoms with Gasteiger partial charge in [-0.2, -0.15) is 0 Å². The minimum atomic E-state index is -3.30. The maximum atomic E-state index is 12.5. The molecule has 0 spiro atoms. The minimum absolute atomic E-state index is 0.156. The Morgan fingerprint density at radius 2 is 1.79 bits per heavy atom. The van der Waals surface area contributed by atoms with Crippen molar-refractivity contribution in [2.45, 2.75) is 25.9 Å². The normalized spacial score (nSPS) is 14.1. The number of benzene rings is 2. The van der Waals surface area contributed by atoms with E-state index in [2.05, 4.69) is 22.3 Å². The summed E-state index contributed by atoms with van der Waals surface area (Å²) in [6, 6.07) is 13.4. The summed E-state index contributed by atoms with van der Waals surface area (Å²) < 4.78 is 25.3. The number of anilines is 1. The zero-order chi connectivity index (χ0) is 20.3. The molecule has 0 unspecified atom stereocenters. The van der Waals surface area contributed by atoms with Gasteiger partial charge in [0.25, 0.3) is 5.91 Å². The van der Waals surface area contributed by atoms with Crippen LogP contribution in [0.2, 0.25) is 0 Å². The van der Waals surface area contributed by atoms with Gasteiger partial charge in [-0.25, -0.2) is 8.42 Å². The van der Waals surface area contributed by atoms with Crippen LogP contribution in [0.25, 0.3) is 0 Å². The summed E-state index contributed by atoms with van der Waals surface area (Å²) in [5.41, 5.74) is 4.40. The molecule has 0 bridgehead atoms. The molecule has 150 valence electrons. The predicted molar refractivity (Wildman–Crippen MR) is 112 cm³/mol. The van der Waals surface area contributed by atoms with Crippen LogP contribution >= 0.6 is 0 Å². The van der Waals surface area contributed by atoms with E-state index in [0.29, 0.717) is 24.3 Å². The third-order valence-electron chi connectivity index (χ3n) is 4.79. The summed E-state index contributed by atoms with van der Waals surface area (Å²) in [4.78, 5) is 14.7. The van der Waals surface area contributed by atoms with Crippen LogP contribution in [-0.2, 0) is 29.5 Å². The number of carbonyl (C=O) groups is 1. The molecular formula is C21H27N3O3S. The van der Waals surface area contributed by atoms with Gasteiger partial charge in [-0.1, -0.05) is 24.3 Å². The molecule has 2 aromatic rings. The van der Waals surface area contributed by atoms with Crippen molar-refractivity contribution in [3.05, 3.63) is 64.7 Å². The lowest BCUT2D eigenvalue weighted by atomic mass is 10.0. The van der Waals surface area contributed by atoms with Crippen molar-refractivity contribution in [3.8, 4) is 0 Å². The summed E-state index contributed by atoms with van der Waals surface area (Å²) >= 11 is 0. The maximum absolute atomic E-state index is 12.5. The smallest absolute Gasteiger partial charge is 0.251 e. The molecule has 1 N–H and O–H groups in total. The number of hydrogen-bond donors (Lipinski definition) is 1. The fraction of sp³-hybridized carbons (Fsp3) is 0.381. The number of carbonyl (C=O) groups excluding carboxylic acids is 1. The van der Waals surface area contributed by atoms with Gasteiger partial charge < -0.3 is 10.2 Å². The molecular weight excluding hydrogens is 374 g/mol. The SMILES string of the molecule is CN(C)Cc1ccc(CNC(=O)c2ccc3c(c2)CCCN3S(C)(=O)=O)cc1. The van der Waals surface area contributed by atoms with E-state index in [1.807, 2.05) is 32.3 Å². The number of nitrogens with zero attached hydrogens (tertiary/aromatic N) is 2. The number of fused-ring (bicyclic) bond motifs is 1. The Hall–Kier alpha value is -2.38. The standard InChI is InChI=1S/C21H27N3O3S/c1-23(2)15-17-8-6-16(7-9-17)14-22-21(25)19-10-11-20-18(13-19)5-4-12-24(20)28(3,26)27/h6-11,13H,4-5,12,14-15H2,1-3H3,(H,22,25). The third kappa shape index (κ3) is 4.91. The molecule has 0 fully saturated rings. The van der Waals surface area contributed by atoms with Crippen LogP contribution in [0.5, 0.6) is 0 Å². The van der Waals surface area contributed by atoms with Crippen LogP contribution in [0.1, 0.15) is 33.5 Å². The fourth-order valence-corrected chi connectivity index (χ4v) is 4.46. The van der Waals surface area contributed by atoms with E-state index in [-0.39, 0.29) is 5.91 Å². The lowest BCUT2D eigenvalue weighted by Gasteiger charge is -2.29. The third-order valence-corrected chi connectivity index (χ3v) is 5.97. The van der Waals surface area contributed by atoms with Crippen molar-refractivity contribution in [1.29, 1.82) is 0 Å². The molecule has 1 heterocycles. The molecule has 0 saturated heterocycles. The summed E-state index contributed by atoms with van der Waals surface area (Å²) in [5, 5.41) is 2.94. The molecule has 1 aliphatic heterocycles. The predicted octanol–water partition coefficient (Wildman–Crippen LogP) is 2.39. The van der Waals surface area contributed by atoms with Crippen molar-refractivity contribution in [2.24, 2.45) is 0 Å². The first-order valence-electron chi connectivity index (χ1n) is 9.35. The van der Waals surface area contributed by atoms with Crippen LogP contribution in [-0.4, -0.2) is 46.1 Å². The van der Waals surface area contributed by atoms with Crippen molar-refractivity contribution in [2.75, 3.05) is 31.2 Å². The second kappa shape index (κ2) is 8.32. The first-order valence-corrected chi connectivity index (χ1v) is 11.2. The minimum Gasteiger partial charge on any atom is -0.348 e. The van der Waals surface area contributed by atoms with Crippen LogP contribution < -0.4 is 9.62 Å². The van der Waals surface area contributed by atoms with Crippen molar-refractivity contribution in [1.82, 2.24) is 10.2 Å². The lowest BCUT2D eigenvalue weighted by molar-refractivity contribution is 0.0951. The first-order chi connectivity index (χ1) is 13.2. The molecule has 28 heavy (non-hydrogen) atoms. The molecule has 0 saturated carbocycles. The molecule has 1 amide bonds. The fourth-order valence-electron chi connectivity index (χ4n) is 3.46. The second-order valence-corrected chi connectivity index (χ2v) is 9.43. The average molecular weight is 402 g/mol. The van der Waals surface area contributed by atoms with Gasteiger partial charge in [0.15, 0.2) is 0 Å². The van der Waals surface area contributed by atoms with E-state index in [0.717, 1.165) is 30.5 Å². The monoisotopic (exact) mass is 401 g/mol. The van der Waals surface area contributed by atoms with Gasteiger partial charge in [0.2, 0.25) is 10.0 Å². The Bertz CT molecular complexity index is 953. The Balaban J connectivity index is 1.67. The zero-order valence-electron chi connectivity index (χ0n) is 16.6. The number of nitrogens with one attached hydrogen (secondary N) is 1. The van der Waals surface area contributed by atoms with Crippen LogP contribution in [0.3, 0.4) is 0 Å². The summed E-state index contributed by atoms with van der Waals surface area (Å²) in [6.45, 7) is 1.82. The highest BCUT2D eigenvalue weighted by Crippen LogP contribution is 2.29. The highest BCUT2D eigenvalue weighted by atomic mass is 32.2. The van der Waals surface area contributed by atoms with Crippen molar-refractivity contribution in [3.63, 3.8) is 0 Å². The number of aryl methyl sites for hydroxylation is 1. The molecule has 7 heteroatoms. The average Bonchev–Trinajstić information content (AvgIpc) is 2.65. The van der Waals surface area contributed by atoms with Crippen LogP contribution in [0, 0.1) is 0 Å². The first kappa shape index (κ1) is 20.4. The Morgan fingerprint density at radius 1 is 1.11 bits per heavy atom. The number of rotatable bonds is 6. The van der Waals surface area contributed by atoms with E-state index >= 15 is 0 Å². The van der Waals surface area contributed by atoms with Crippen molar-refractivity contribution < 1.29 is 13.2 Å². The lowest BCUT2D eigenvalue weighted by Crippen LogP contribution is -2.34. The Morgan fingerprint density at radius 3 is 2.43 bits per heavy atom. The summed E-state index contributed by atoms with van der Waals surface area (Å²) in [5.74, 6) is -0.156. The van der Waals surface area contributed by atoms with E-state index in [9.17, 15) is 13.2 Å². The highest BCUT2D eigenvalue weighted by Gasteiger charge is 2.24. The molecule has 3 rings (SSSR count). The van der Waals surface area contributed by atoms with Gasteiger partial charge in [0, 0.05) is 25.2 Å². The molecule has 2 aromatic carbocycles. The molecule has 0 atom stereocenters. The van der Waals surface area contributed by atoms with Gasteiger partial charge in [-0.15, -0.1) is 0 Å². The Kier molecular flexibility index (Phi) is 6.05. The van der Waals surface area contributed by atoms with Gasteiger partial charge in [-0.3, -0.25) is 9.10 Å². The largest absolute Gasteiger partial charge is 0.348 e. The van der Waals surface area contributed by atoms with Crippen LogP contribution in [0.15, 0.2) is 42.5 Å². The number of sulfonamides is 1. The zero-order valence-corrected chi connectivity index (χ0v) is 17.4. The van der Waals surface area contributed by atoms with E-state index < -0.39 is 10.0 Å². The topological polar surface area (TPSA) is 69.7 Å². The quantitative estimate of drug-likeness (QED) is 0.807. The molecule has 1 aliphatic rings. The van der Waals surface area contributed by atoms with E-state index in [1.165, 1.54) is 16.1 Å². The summed E-state index contributed by atoms with van der Waals surface area (Å²) in [6.07, 6.45) is 2.74. The van der Waals surface area contributed by atoms with Gasteiger partial charge in [0.05, 0.1) is 11.9 Å². The maximum Gasteiger partial charge on any atom is 0.251 e. The van der Waals surface area contributed by atoms with E-state index in [4.69, 9.17) is 0 Å². The molecule has 0 aliphatic carbocycles. The van der Waals surface area contributed by atoms with Gasteiger partial charge in [0.1, 0.15) is 0 Å². The van der Waals surface area contributed by atoms with Gasteiger partial charge >= 0.3 is 0 Å². The van der Waals surface area contributed by atoms with Gasteiger partial charge in [-0.05, 0) is 61.8 Å². The molecule has 6 nitrogen and oxygen atoms in total. The number of hydrogen-bond acceptors (Lipinski definition) is 4. The number of amides is 1.